The van der Waals surface area contributed by atoms with Crippen LogP contribution in [0.15, 0.2) is 42.7 Å². The Kier molecular flexibility index (Phi) is 6.44. The van der Waals surface area contributed by atoms with Gasteiger partial charge in [0.2, 0.25) is 0 Å². The minimum atomic E-state index is -5.05. The van der Waals surface area contributed by atoms with Crippen LogP contribution in [0.2, 0.25) is 0 Å². The number of rotatable bonds is 7. The minimum Gasteiger partial charge on any atom is -0.461 e. The van der Waals surface area contributed by atoms with Gasteiger partial charge in [0.1, 0.15) is 12.2 Å². The number of amides is 1. The summed E-state index contributed by atoms with van der Waals surface area (Å²) in [6.07, 6.45) is -3.00. The molecule has 1 saturated heterocycles. The third-order valence-corrected chi connectivity index (χ3v) is 7.07. The SMILES string of the molecule is CCOC(=O)C(F)(F)c1cc2c(c(C(F)(F)F)c1)CN(c1cccc(C3(Cc4nncn4C)COC3)c1)C2=O. The quantitative estimate of drug-likeness (QED) is 0.325. The van der Waals surface area contributed by atoms with E-state index in [1.54, 1.807) is 36.1 Å². The molecule has 0 radical (unpaired) electrons. The maximum Gasteiger partial charge on any atom is 0.416 e. The molecule has 3 aromatic rings. The molecule has 2 aromatic carbocycles. The van der Waals surface area contributed by atoms with E-state index in [4.69, 9.17) is 4.74 Å². The topological polar surface area (TPSA) is 86.6 Å². The Morgan fingerprint density at radius 3 is 2.49 bits per heavy atom. The number of fused-ring (bicyclic) bond motifs is 1. The summed E-state index contributed by atoms with van der Waals surface area (Å²) in [5.41, 5.74) is -3.06. The fourth-order valence-electron chi connectivity index (χ4n) is 4.88. The number of nitrogens with zero attached hydrogens (tertiary/aromatic N) is 4. The van der Waals surface area contributed by atoms with Gasteiger partial charge in [0, 0.05) is 35.7 Å². The number of benzene rings is 2. The number of carbonyl (C=O) groups is 2. The number of halogens is 5. The summed E-state index contributed by atoms with van der Waals surface area (Å²) in [6, 6.07) is 7.60. The third-order valence-electron chi connectivity index (χ3n) is 7.07. The summed E-state index contributed by atoms with van der Waals surface area (Å²) >= 11 is 0. The molecule has 8 nitrogen and oxygen atoms in total. The number of anilines is 1. The van der Waals surface area contributed by atoms with Crippen molar-refractivity contribution in [3.05, 3.63) is 76.4 Å². The average Bonchev–Trinajstić information content (AvgIpc) is 3.42. The zero-order valence-electron chi connectivity index (χ0n) is 20.9. The molecule has 0 spiro atoms. The number of carbonyl (C=O) groups excluding carboxylic acids is 2. The normalized spacial score (nSPS) is 16.7. The van der Waals surface area contributed by atoms with Crippen molar-refractivity contribution in [2.45, 2.75) is 37.4 Å². The van der Waals surface area contributed by atoms with Gasteiger partial charge in [0.15, 0.2) is 0 Å². The van der Waals surface area contributed by atoms with Crippen LogP contribution in [0.1, 0.15) is 45.4 Å². The van der Waals surface area contributed by atoms with Crippen molar-refractivity contribution in [3.8, 4) is 0 Å². The first kappa shape index (κ1) is 26.7. The van der Waals surface area contributed by atoms with E-state index in [0.717, 1.165) is 10.5 Å². The molecule has 0 aliphatic carbocycles. The molecule has 39 heavy (non-hydrogen) atoms. The number of aromatic nitrogens is 3. The summed E-state index contributed by atoms with van der Waals surface area (Å²) in [5, 5.41) is 8.01. The second-order valence-electron chi connectivity index (χ2n) is 9.59. The lowest BCUT2D eigenvalue weighted by molar-refractivity contribution is -0.173. The van der Waals surface area contributed by atoms with Crippen LogP contribution in [-0.4, -0.2) is 46.5 Å². The van der Waals surface area contributed by atoms with Gasteiger partial charge >= 0.3 is 18.1 Å². The highest BCUT2D eigenvalue weighted by atomic mass is 19.4. The first-order valence-electron chi connectivity index (χ1n) is 12.0. The molecule has 0 saturated carbocycles. The Bertz CT molecular complexity index is 1450. The number of ether oxygens (including phenoxy) is 2. The van der Waals surface area contributed by atoms with E-state index >= 15 is 0 Å². The molecule has 5 rings (SSSR count). The zero-order valence-corrected chi connectivity index (χ0v) is 20.9. The molecule has 0 bridgehead atoms. The van der Waals surface area contributed by atoms with Crippen LogP contribution in [-0.2, 0) is 51.8 Å². The summed E-state index contributed by atoms with van der Waals surface area (Å²) < 4.78 is 83.0. The van der Waals surface area contributed by atoms with E-state index < -0.39 is 64.8 Å². The first-order chi connectivity index (χ1) is 18.4. The minimum absolute atomic E-state index is 0.213. The van der Waals surface area contributed by atoms with Gasteiger partial charge < -0.3 is 18.9 Å². The van der Waals surface area contributed by atoms with Gasteiger partial charge in [-0.15, -0.1) is 10.2 Å². The molecular formula is C26H23F5N4O4. The summed E-state index contributed by atoms with van der Waals surface area (Å²) in [5.74, 6) is -6.56. The highest BCUT2D eigenvalue weighted by Gasteiger charge is 2.48. The number of esters is 1. The molecule has 0 unspecified atom stereocenters. The van der Waals surface area contributed by atoms with Crippen LogP contribution in [0, 0.1) is 0 Å². The molecule has 3 heterocycles. The van der Waals surface area contributed by atoms with Crippen molar-refractivity contribution in [3.63, 3.8) is 0 Å². The largest absolute Gasteiger partial charge is 0.461 e. The Morgan fingerprint density at radius 2 is 1.90 bits per heavy atom. The van der Waals surface area contributed by atoms with Crippen molar-refractivity contribution >= 4 is 17.6 Å². The fourth-order valence-corrected chi connectivity index (χ4v) is 4.88. The molecular weight excluding hydrogens is 527 g/mol. The Hall–Kier alpha value is -3.87. The maximum atomic E-state index is 14.7. The molecule has 13 heteroatoms. The Labute approximate surface area is 219 Å². The molecule has 0 N–H and O–H groups in total. The van der Waals surface area contributed by atoms with E-state index in [0.29, 0.717) is 37.2 Å². The van der Waals surface area contributed by atoms with Gasteiger partial charge in [0.05, 0.1) is 31.9 Å². The molecule has 1 aromatic heterocycles. The summed E-state index contributed by atoms with van der Waals surface area (Å²) in [6.45, 7) is 1.15. The number of alkyl halides is 5. The van der Waals surface area contributed by atoms with Crippen LogP contribution in [0.4, 0.5) is 27.6 Å². The predicted octanol–water partition coefficient (Wildman–Crippen LogP) is 4.16. The number of hydrogen-bond donors (Lipinski definition) is 0. The number of hydrogen-bond acceptors (Lipinski definition) is 6. The third kappa shape index (κ3) is 4.54. The summed E-state index contributed by atoms with van der Waals surface area (Å²) in [4.78, 5) is 26.3. The van der Waals surface area contributed by atoms with Gasteiger partial charge in [0.25, 0.3) is 5.91 Å². The molecule has 1 amide bonds. The molecule has 0 atom stereocenters. The second kappa shape index (κ2) is 9.40. The lowest BCUT2D eigenvalue weighted by Crippen LogP contribution is -2.49. The van der Waals surface area contributed by atoms with Gasteiger partial charge in [-0.3, -0.25) is 4.79 Å². The van der Waals surface area contributed by atoms with Crippen molar-refractivity contribution in [1.29, 1.82) is 0 Å². The molecule has 2 aliphatic heterocycles. The van der Waals surface area contributed by atoms with E-state index in [1.165, 1.54) is 6.92 Å². The van der Waals surface area contributed by atoms with E-state index in [-0.39, 0.29) is 6.07 Å². The highest BCUT2D eigenvalue weighted by Crippen LogP contribution is 2.43. The van der Waals surface area contributed by atoms with E-state index in [1.807, 2.05) is 6.07 Å². The van der Waals surface area contributed by atoms with Gasteiger partial charge in [-0.05, 0) is 42.3 Å². The standard InChI is InChI=1S/C26H23F5N4O4/c1-3-39-23(37)25(27,28)16-8-18-19(20(9-16)26(29,30)31)11-35(22(18)36)17-6-4-5-15(7-17)24(12-38-13-24)10-21-33-32-14-34(21)2/h4-9,14H,3,10-13H2,1-2H3. The van der Waals surface area contributed by atoms with Crippen molar-refractivity contribution in [2.24, 2.45) is 7.05 Å². The number of aryl methyl sites for hydroxylation is 1. The zero-order chi connectivity index (χ0) is 28.2. The first-order valence-corrected chi connectivity index (χ1v) is 12.0. The monoisotopic (exact) mass is 550 g/mol. The lowest BCUT2D eigenvalue weighted by Gasteiger charge is -2.42. The van der Waals surface area contributed by atoms with Crippen molar-refractivity contribution in [1.82, 2.24) is 14.8 Å². The smallest absolute Gasteiger partial charge is 0.416 e. The lowest BCUT2D eigenvalue weighted by atomic mass is 9.75. The average molecular weight is 550 g/mol. The van der Waals surface area contributed by atoms with Gasteiger partial charge in [-0.1, -0.05) is 12.1 Å². The summed E-state index contributed by atoms with van der Waals surface area (Å²) in [7, 11) is 1.80. The Balaban J connectivity index is 1.52. The molecule has 1 fully saturated rings. The van der Waals surface area contributed by atoms with Crippen LogP contribution in [0.5, 0.6) is 0 Å². The van der Waals surface area contributed by atoms with Crippen molar-refractivity contribution < 1.29 is 41.0 Å². The van der Waals surface area contributed by atoms with Gasteiger partial charge in [-0.25, -0.2) is 4.79 Å². The van der Waals surface area contributed by atoms with Crippen LogP contribution < -0.4 is 4.90 Å². The van der Waals surface area contributed by atoms with Crippen molar-refractivity contribution in [2.75, 3.05) is 24.7 Å². The van der Waals surface area contributed by atoms with E-state index in [9.17, 15) is 31.5 Å². The Morgan fingerprint density at radius 1 is 1.15 bits per heavy atom. The molecule has 206 valence electrons. The van der Waals surface area contributed by atoms with E-state index in [2.05, 4.69) is 14.9 Å². The van der Waals surface area contributed by atoms with Crippen LogP contribution in [0.25, 0.3) is 0 Å². The van der Waals surface area contributed by atoms with Crippen LogP contribution >= 0.6 is 0 Å². The van der Waals surface area contributed by atoms with Crippen LogP contribution in [0.3, 0.4) is 0 Å². The predicted molar refractivity (Wildman–Crippen MR) is 126 cm³/mol. The van der Waals surface area contributed by atoms with Gasteiger partial charge in [-0.2, -0.15) is 22.0 Å². The fraction of sp³-hybridized carbons (Fsp3) is 0.385. The second-order valence-corrected chi connectivity index (χ2v) is 9.59. The molecule has 2 aliphatic rings. The maximum absolute atomic E-state index is 14.7. The highest BCUT2D eigenvalue weighted by molar-refractivity contribution is 6.10.